The Morgan fingerprint density at radius 3 is 2.46 bits per heavy atom. The minimum Gasteiger partial charge on any atom is -0.493 e. The zero-order chi connectivity index (χ0) is 18.5. The van der Waals surface area contributed by atoms with Crippen LogP contribution < -0.4 is 30.4 Å². The van der Waals surface area contributed by atoms with Crippen LogP contribution >= 0.6 is 0 Å². The Morgan fingerprint density at radius 2 is 1.88 bits per heavy atom. The van der Waals surface area contributed by atoms with E-state index in [1.54, 1.807) is 24.5 Å². The maximum Gasteiger partial charge on any atom is 0.242 e. The van der Waals surface area contributed by atoms with Gasteiger partial charge in [0.2, 0.25) is 11.7 Å². The number of rotatable bonds is 6. The fourth-order valence-corrected chi connectivity index (χ4v) is 2.91. The summed E-state index contributed by atoms with van der Waals surface area (Å²) in [5.74, 6) is 1.28. The Kier molecular flexibility index (Phi) is 5.55. The third-order valence-corrected chi connectivity index (χ3v) is 4.24. The smallest absolute Gasteiger partial charge is 0.242 e. The minimum absolute atomic E-state index is 0.0272. The summed E-state index contributed by atoms with van der Waals surface area (Å²) >= 11 is 0. The van der Waals surface area contributed by atoms with Crippen LogP contribution in [0.2, 0.25) is 0 Å². The Balaban J connectivity index is 1.70. The van der Waals surface area contributed by atoms with Crippen molar-refractivity contribution in [3.63, 3.8) is 0 Å². The Labute approximate surface area is 151 Å². The topological polar surface area (TPSA) is 93.7 Å². The monoisotopic (exact) mass is 358 g/mol. The molecule has 138 valence electrons. The predicted octanol–water partition coefficient (Wildman–Crippen LogP) is 1.65. The molecule has 0 saturated carbocycles. The molecule has 1 aromatic heterocycles. The van der Waals surface area contributed by atoms with E-state index in [2.05, 4.69) is 21.2 Å². The van der Waals surface area contributed by atoms with Gasteiger partial charge in [-0.1, -0.05) is 6.07 Å². The van der Waals surface area contributed by atoms with Crippen molar-refractivity contribution in [3.8, 4) is 17.2 Å². The van der Waals surface area contributed by atoms with Crippen LogP contribution in [0, 0.1) is 0 Å². The molecule has 0 aliphatic carbocycles. The van der Waals surface area contributed by atoms with Crippen LogP contribution in [0.5, 0.6) is 17.2 Å². The molecule has 1 aliphatic heterocycles. The highest BCUT2D eigenvalue weighted by Gasteiger charge is 2.30. The molecular weight excluding hydrogens is 336 g/mol. The second-order valence-corrected chi connectivity index (χ2v) is 5.82. The van der Waals surface area contributed by atoms with Crippen LogP contribution in [-0.2, 0) is 4.79 Å². The number of methoxy groups -OCH3 is 3. The summed E-state index contributed by atoms with van der Waals surface area (Å²) in [5, 5.41) is 2.88. The predicted molar refractivity (Wildman–Crippen MR) is 96.4 cm³/mol. The lowest BCUT2D eigenvalue weighted by atomic mass is 10.0. The highest BCUT2D eigenvalue weighted by Crippen LogP contribution is 2.40. The largest absolute Gasteiger partial charge is 0.493 e. The number of pyridine rings is 1. The van der Waals surface area contributed by atoms with Crippen molar-refractivity contribution < 1.29 is 19.0 Å². The number of carbonyl (C=O) groups is 1. The first-order valence-corrected chi connectivity index (χ1v) is 8.18. The number of carbonyl (C=O) groups excluding carboxylic acids is 1. The first-order chi connectivity index (χ1) is 12.7. The molecule has 2 unspecified atom stereocenters. The lowest BCUT2D eigenvalue weighted by Crippen LogP contribution is -2.39. The van der Waals surface area contributed by atoms with E-state index < -0.39 is 0 Å². The van der Waals surface area contributed by atoms with Crippen LogP contribution in [0.3, 0.4) is 0 Å². The number of nitrogens with zero attached hydrogens (tertiary/aromatic N) is 1. The van der Waals surface area contributed by atoms with Gasteiger partial charge in [-0.25, -0.2) is 10.9 Å². The number of anilines is 1. The Morgan fingerprint density at radius 1 is 1.15 bits per heavy atom. The van der Waals surface area contributed by atoms with Crippen LogP contribution in [0.25, 0.3) is 0 Å². The molecular formula is C18H22N4O4. The Hall–Kier alpha value is -2.84. The number of nitrogens with one attached hydrogen (secondary N) is 3. The van der Waals surface area contributed by atoms with Crippen molar-refractivity contribution in [1.82, 2.24) is 15.8 Å². The van der Waals surface area contributed by atoms with E-state index in [9.17, 15) is 4.79 Å². The molecule has 3 N–H and O–H groups in total. The zero-order valence-corrected chi connectivity index (χ0v) is 14.9. The molecule has 1 fully saturated rings. The molecule has 26 heavy (non-hydrogen) atoms. The van der Waals surface area contributed by atoms with Gasteiger partial charge in [-0.2, -0.15) is 0 Å². The van der Waals surface area contributed by atoms with Gasteiger partial charge in [0.25, 0.3) is 0 Å². The van der Waals surface area contributed by atoms with E-state index in [4.69, 9.17) is 14.2 Å². The molecule has 3 rings (SSSR count). The summed E-state index contributed by atoms with van der Waals surface area (Å²) in [6, 6.07) is 6.89. The van der Waals surface area contributed by atoms with E-state index in [0.29, 0.717) is 29.4 Å². The van der Waals surface area contributed by atoms with E-state index >= 15 is 0 Å². The maximum atomic E-state index is 12.6. The summed E-state index contributed by atoms with van der Waals surface area (Å²) in [4.78, 5) is 16.7. The van der Waals surface area contributed by atoms with Gasteiger partial charge in [-0.05, 0) is 18.1 Å². The molecule has 8 heteroatoms. The van der Waals surface area contributed by atoms with Gasteiger partial charge in [0.05, 0.1) is 21.3 Å². The zero-order valence-electron chi connectivity index (χ0n) is 14.9. The van der Waals surface area contributed by atoms with Crippen molar-refractivity contribution in [3.05, 3.63) is 42.2 Å². The van der Waals surface area contributed by atoms with Gasteiger partial charge in [0.15, 0.2) is 11.5 Å². The van der Waals surface area contributed by atoms with E-state index in [-0.39, 0.29) is 18.0 Å². The molecule has 8 nitrogen and oxygen atoms in total. The fourth-order valence-electron chi connectivity index (χ4n) is 2.91. The van der Waals surface area contributed by atoms with Crippen molar-refractivity contribution in [2.24, 2.45) is 0 Å². The lowest BCUT2D eigenvalue weighted by Gasteiger charge is -2.16. The van der Waals surface area contributed by atoms with Gasteiger partial charge < -0.3 is 19.5 Å². The molecule has 1 saturated heterocycles. The van der Waals surface area contributed by atoms with Crippen molar-refractivity contribution in [1.29, 1.82) is 0 Å². The summed E-state index contributed by atoms with van der Waals surface area (Å²) in [5.41, 5.74) is 7.76. The number of aromatic nitrogens is 1. The molecule has 2 aromatic rings. The third-order valence-electron chi connectivity index (χ3n) is 4.24. The Bertz CT molecular complexity index is 744. The van der Waals surface area contributed by atoms with E-state index in [1.807, 2.05) is 12.1 Å². The molecule has 0 bridgehead atoms. The average Bonchev–Trinajstić information content (AvgIpc) is 3.18. The molecule has 2 heterocycles. The highest BCUT2D eigenvalue weighted by atomic mass is 16.5. The van der Waals surface area contributed by atoms with Gasteiger partial charge in [-0.3, -0.25) is 9.78 Å². The number of hydrogen-bond donors (Lipinski definition) is 3. The van der Waals surface area contributed by atoms with Gasteiger partial charge in [0, 0.05) is 36.3 Å². The normalized spacial score (nSPS) is 19.0. The van der Waals surface area contributed by atoms with Crippen molar-refractivity contribution in [2.45, 2.75) is 18.5 Å². The number of amides is 1. The molecule has 1 amide bonds. The molecule has 0 radical (unpaired) electrons. The lowest BCUT2D eigenvalue weighted by molar-refractivity contribution is -0.117. The highest BCUT2D eigenvalue weighted by molar-refractivity contribution is 5.95. The summed E-state index contributed by atoms with van der Waals surface area (Å²) < 4.78 is 15.9. The maximum absolute atomic E-state index is 12.6. The molecule has 1 aromatic carbocycles. The number of hydrogen-bond acceptors (Lipinski definition) is 7. The number of benzene rings is 1. The van der Waals surface area contributed by atoms with Crippen LogP contribution in [0.15, 0.2) is 36.7 Å². The van der Waals surface area contributed by atoms with Gasteiger partial charge in [0.1, 0.15) is 6.04 Å². The van der Waals surface area contributed by atoms with Gasteiger partial charge >= 0.3 is 0 Å². The second kappa shape index (κ2) is 8.03. The number of ether oxygens (including phenoxy) is 3. The quantitative estimate of drug-likeness (QED) is 0.723. The average molecular weight is 358 g/mol. The minimum atomic E-state index is -0.376. The van der Waals surface area contributed by atoms with Crippen LogP contribution in [0.1, 0.15) is 18.0 Å². The third kappa shape index (κ3) is 3.71. The van der Waals surface area contributed by atoms with Crippen molar-refractivity contribution in [2.75, 3.05) is 26.6 Å². The van der Waals surface area contributed by atoms with E-state index in [0.717, 1.165) is 5.56 Å². The van der Waals surface area contributed by atoms with Crippen LogP contribution in [-0.4, -0.2) is 38.3 Å². The summed E-state index contributed by atoms with van der Waals surface area (Å²) in [6.45, 7) is 0. The molecule has 1 aliphatic rings. The summed E-state index contributed by atoms with van der Waals surface area (Å²) in [6.07, 6.45) is 4.13. The SMILES string of the molecule is COc1cc(NC(=O)C2CC(c3cccnc3)NN2)cc(OC)c1OC. The van der Waals surface area contributed by atoms with E-state index in [1.165, 1.54) is 21.3 Å². The van der Waals surface area contributed by atoms with Gasteiger partial charge in [-0.15, -0.1) is 0 Å². The summed E-state index contributed by atoms with van der Waals surface area (Å²) in [7, 11) is 4.60. The molecule has 0 spiro atoms. The fraction of sp³-hybridized carbons (Fsp3) is 0.333. The van der Waals surface area contributed by atoms with Crippen molar-refractivity contribution >= 4 is 11.6 Å². The standard InChI is InChI=1S/C18H22N4O4/c1-24-15-7-12(8-16(25-2)17(15)26-3)20-18(23)14-9-13(21-22-14)11-5-4-6-19-10-11/h4-8,10,13-14,21-22H,9H2,1-3H3,(H,20,23). The number of hydrazine groups is 1. The second-order valence-electron chi connectivity index (χ2n) is 5.82. The first kappa shape index (κ1) is 18.0. The van der Waals surface area contributed by atoms with Crippen LogP contribution in [0.4, 0.5) is 5.69 Å². The first-order valence-electron chi connectivity index (χ1n) is 8.18. The molecule has 2 atom stereocenters.